The minimum absolute atomic E-state index is 0.00969. The van der Waals surface area contributed by atoms with Crippen molar-refractivity contribution in [3.63, 3.8) is 0 Å². The molecule has 0 aliphatic heterocycles. The molecule has 108 valence electrons. The summed E-state index contributed by atoms with van der Waals surface area (Å²) < 4.78 is 5.42. The number of rotatable bonds is 6. The van der Waals surface area contributed by atoms with Crippen LogP contribution in [0.4, 0.5) is 5.95 Å². The molecule has 19 heavy (non-hydrogen) atoms. The van der Waals surface area contributed by atoms with Gasteiger partial charge in [-0.05, 0) is 53.4 Å². The van der Waals surface area contributed by atoms with Crippen LogP contribution < -0.4 is 10.1 Å². The second-order valence-corrected chi connectivity index (χ2v) is 5.78. The van der Waals surface area contributed by atoms with Gasteiger partial charge in [0.15, 0.2) is 0 Å². The zero-order valence-corrected chi connectivity index (χ0v) is 13.1. The Morgan fingerprint density at radius 1 is 1.26 bits per heavy atom. The molecule has 1 N–H and O–H groups in total. The van der Waals surface area contributed by atoms with Crippen LogP contribution in [0.15, 0.2) is 0 Å². The first kappa shape index (κ1) is 15.9. The first-order valence-corrected chi connectivity index (χ1v) is 6.58. The molecule has 0 saturated carbocycles. The molecule has 0 unspecified atom stereocenters. The predicted octanol–water partition coefficient (Wildman–Crippen LogP) is 2.06. The number of hydrogen-bond acceptors (Lipinski definition) is 6. The third-order valence-corrected chi connectivity index (χ3v) is 2.99. The predicted molar refractivity (Wildman–Crippen MR) is 76.9 cm³/mol. The highest BCUT2D eigenvalue weighted by Gasteiger charge is 2.20. The summed E-state index contributed by atoms with van der Waals surface area (Å²) in [5, 5.41) is 3.27. The minimum Gasteiger partial charge on any atom is -0.461 e. The summed E-state index contributed by atoms with van der Waals surface area (Å²) in [4.78, 5) is 14.3. The van der Waals surface area contributed by atoms with Gasteiger partial charge in [0.2, 0.25) is 11.2 Å². The maximum atomic E-state index is 5.85. The summed E-state index contributed by atoms with van der Waals surface area (Å²) in [7, 11) is 4.05. The molecule has 1 aromatic heterocycles. The van der Waals surface area contributed by atoms with Crippen molar-refractivity contribution in [3.05, 3.63) is 5.28 Å². The monoisotopic (exact) mass is 287 g/mol. The standard InChI is InChI=1S/C12H22ClN5O/c1-8(2)19-11-16-9(13)15-10(17-11)14-7-12(3,4)18(5)6/h8H,7H2,1-6H3,(H,14,15,16,17). The van der Waals surface area contributed by atoms with Crippen molar-refractivity contribution in [2.45, 2.75) is 39.3 Å². The van der Waals surface area contributed by atoms with Crippen molar-refractivity contribution >= 4 is 17.5 Å². The van der Waals surface area contributed by atoms with Crippen molar-refractivity contribution in [2.75, 3.05) is 26.0 Å². The molecular formula is C12H22ClN5O. The van der Waals surface area contributed by atoms with Crippen LogP contribution in [0.2, 0.25) is 5.28 Å². The van der Waals surface area contributed by atoms with Gasteiger partial charge in [-0.2, -0.15) is 15.0 Å². The lowest BCUT2D eigenvalue weighted by molar-refractivity contribution is 0.209. The summed E-state index contributed by atoms with van der Waals surface area (Å²) in [6.07, 6.45) is -0.00969. The van der Waals surface area contributed by atoms with Crippen molar-refractivity contribution in [2.24, 2.45) is 0 Å². The molecule has 0 aliphatic rings. The van der Waals surface area contributed by atoms with E-state index in [0.717, 1.165) is 0 Å². The molecule has 1 aromatic rings. The second-order valence-electron chi connectivity index (χ2n) is 5.44. The molecule has 0 aromatic carbocycles. The lowest BCUT2D eigenvalue weighted by Crippen LogP contribution is -2.44. The Kier molecular flexibility index (Phi) is 5.31. The number of likely N-dealkylation sites (N-methyl/N-ethyl adjacent to an activating group) is 1. The topological polar surface area (TPSA) is 63.2 Å². The highest BCUT2D eigenvalue weighted by Crippen LogP contribution is 2.15. The lowest BCUT2D eigenvalue weighted by atomic mass is 10.1. The largest absolute Gasteiger partial charge is 0.461 e. The molecule has 6 nitrogen and oxygen atoms in total. The highest BCUT2D eigenvalue weighted by molar-refractivity contribution is 6.28. The Bertz CT molecular complexity index is 423. The number of anilines is 1. The van der Waals surface area contributed by atoms with Gasteiger partial charge in [0, 0.05) is 12.1 Å². The van der Waals surface area contributed by atoms with E-state index in [4.69, 9.17) is 16.3 Å². The van der Waals surface area contributed by atoms with Crippen LogP contribution in [0.5, 0.6) is 6.01 Å². The van der Waals surface area contributed by atoms with Crippen LogP contribution in [0.3, 0.4) is 0 Å². The van der Waals surface area contributed by atoms with E-state index in [1.165, 1.54) is 0 Å². The molecule has 0 atom stereocenters. The summed E-state index contributed by atoms with van der Waals surface area (Å²) >= 11 is 5.85. The number of aromatic nitrogens is 3. The molecule has 7 heteroatoms. The fourth-order valence-electron chi connectivity index (χ4n) is 1.13. The van der Waals surface area contributed by atoms with Gasteiger partial charge in [0.25, 0.3) is 0 Å². The molecule has 0 radical (unpaired) electrons. The van der Waals surface area contributed by atoms with Crippen molar-refractivity contribution < 1.29 is 4.74 Å². The van der Waals surface area contributed by atoms with Crippen LogP contribution in [-0.4, -0.2) is 52.1 Å². The smallest absolute Gasteiger partial charge is 0.322 e. The van der Waals surface area contributed by atoms with Gasteiger partial charge >= 0.3 is 6.01 Å². The van der Waals surface area contributed by atoms with Crippen LogP contribution >= 0.6 is 11.6 Å². The third kappa shape index (κ3) is 5.16. The van der Waals surface area contributed by atoms with E-state index in [-0.39, 0.29) is 22.9 Å². The van der Waals surface area contributed by atoms with E-state index in [1.54, 1.807) is 0 Å². The van der Waals surface area contributed by atoms with E-state index in [2.05, 4.69) is 39.0 Å². The molecule has 0 fully saturated rings. The van der Waals surface area contributed by atoms with Crippen LogP contribution in [0.25, 0.3) is 0 Å². The van der Waals surface area contributed by atoms with Crippen LogP contribution in [0, 0.1) is 0 Å². The summed E-state index contributed by atoms with van der Waals surface area (Å²) in [5.74, 6) is 0.422. The lowest BCUT2D eigenvalue weighted by Gasteiger charge is -2.32. The van der Waals surface area contributed by atoms with E-state index in [9.17, 15) is 0 Å². The number of ether oxygens (including phenoxy) is 1. The van der Waals surface area contributed by atoms with Gasteiger partial charge in [-0.15, -0.1) is 0 Å². The molecule has 0 bridgehead atoms. The molecule has 1 heterocycles. The Labute approximate surface area is 119 Å². The normalized spacial score (nSPS) is 12.1. The summed E-state index contributed by atoms with van der Waals surface area (Å²) in [6.45, 7) is 8.73. The fourth-order valence-corrected chi connectivity index (χ4v) is 1.28. The zero-order valence-electron chi connectivity index (χ0n) is 12.4. The Hall–Kier alpha value is -1.14. The molecule has 0 spiro atoms. The zero-order chi connectivity index (χ0) is 14.6. The average molecular weight is 288 g/mol. The fraction of sp³-hybridized carbons (Fsp3) is 0.750. The first-order valence-electron chi connectivity index (χ1n) is 6.20. The highest BCUT2D eigenvalue weighted by atomic mass is 35.5. The molecule has 0 saturated heterocycles. The van der Waals surface area contributed by atoms with E-state index in [1.807, 2.05) is 27.9 Å². The van der Waals surface area contributed by atoms with Crippen molar-refractivity contribution in [1.29, 1.82) is 0 Å². The van der Waals surface area contributed by atoms with E-state index >= 15 is 0 Å². The van der Waals surface area contributed by atoms with Crippen LogP contribution in [-0.2, 0) is 0 Å². The van der Waals surface area contributed by atoms with Gasteiger partial charge in [0.05, 0.1) is 6.10 Å². The quantitative estimate of drug-likeness (QED) is 0.864. The second kappa shape index (κ2) is 6.34. The molecule has 0 amide bonds. The Balaban J connectivity index is 2.76. The number of nitrogens with one attached hydrogen (secondary N) is 1. The minimum atomic E-state index is -0.0296. The Morgan fingerprint density at radius 2 is 1.89 bits per heavy atom. The summed E-state index contributed by atoms with van der Waals surface area (Å²) in [6, 6.07) is 0.236. The van der Waals surface area contributed by atoms with Gasteiger partial charge in [-0.1, -0.05) is 0 Å². The van der Waals surface area contributed by atoms with Crippen molar-refractivity contribution in [3.8, 4) is 6.01 Å². The first-order chi connectivity index (χ1) is 8.70. The van der Waals surface area contributed by atoms with E-state index < -0.39 is 0 Å². The van der Waals surface area contributed by atoms with Gasteiger partial charge in [0.1, 0.15) is 0 Å². The SMILES string of the molecule is CC(C)Oc1nc(Cl)nc(NCC(C)(C)N(C)C)n1. The van der Waals surface area contributed by atoms with Gasteiger partial charge in [-0.3, -0.25) is 0 Å². The summed E-state index contributed by atoms with van der Waals surface area (Å²) in [5.41, 5.74) is -0.0296. The molecular weight excluding hydrogens is 266 g/mol. The van der Waals surface area contributed by atoms with Gasteiger partial charge in [-0.25, -0.2) is 0 Å². The average Bonchev–Trinajstić information content (AvgIpc) is 2.24. The maximum absolute atomic E-state index is 5.85. The number of nitrogens with zero attached hydrogens (tertiary/aromatic N) is 4. The van der Waals surface area contributed by atoms with Gasteiger partial charge < -0.3 is 15.0 Å². The maximum Gasteiger partial charge on any atom is 0.322 e. The van der Waals surface area contributed by atoms with E-state index in [0.29, 0.717) is 12.5 Å². The van der Waals surface area contributed by atoms with Crippen LogP contribution in [0.1, 0.15) is 27.7 Å². The molecule has 0 aliphatic carbocycles. The third-order valence-electron chi connectivity index (χ3n) is 2.82. The van der Waals surface area contributed by atoms with Crippen molar-refractivity contribution in [1.82, 2.24) is 19.9 Å². The Morgan fingerprint density at radius 3 is 2.42 bits per heavy atom. The number of halogens is 1. The molecule has 1 rings (SSSR count). The number of hydrogen-bond donors (Lipinski definition) is 1.